The van der Waals surface area contributed by atoms with Crippen molar-refractivity contribution in [2.45, 2.75) is 57.9 Å². The molecular weight excluding hydrogens is 246 g/mol. The summed E-state index contributed by atoms with van der Waals surface area (Å²) in [5.74, 6) is 0. The maximum Gasteiger partial charge on any atom is 0.142 e. The minimum absolute atomic E-state index is 0.0129. The number of carbonyl (C=O) groups is 1. The molecule has 1 heterocycles. The van der Waals surface area contributed by atoms with Crippen LogP contribution in [0.3, 0.4) is 0 Å². The Labute approximate surface area is 121 Å². The summed E-state index contributed by atoms with van der Waals surface area (Å²) in [6.07, 6.45) is 11.7. The minimum Gasteiger partial charge on any atom is -0.337 e. The Hall–Kier alpha value is -1.57. The molecule has 0 saturated heterocycles. The fourth-order valence-electron chi connectivity index (χ4n) is 2.80. The van der Waals surface area contributed by atoms with E-state index in [-0.39, 0.29) is 6.04 Å². The molecular formula is C18H25NO. The summed E-state index contributed by atoms with van der Waals surface area (Å²) in [4.78, 5) is 11.4. The summed E-state index contributed by atoms with van der Waals surface area (Å²) in [6.45, 7) is 2.24. The van der Waals surface area contributed by atoms with Crippen LogP contribution >= 0.6 is 0 Å². The lowest BCUT2D eigenvalue weighted by Gasteiger charge is -2.14. The quantitative estimate of drug-likeness (QED) is 0.457. The van der Waals surface area contributed by atoms with Crippen molar-refractivity contribution in [2.24, 2.45) is 0 Å². The van der Waals surface area contributed by atoms with E-state index < -0.39 is 0 Å². The first-order chi connectivity index (χ1) is 9.86. The Kier molecular flexibility index (Phi) is 5.85. The van der Waals surface area contributed by atoms with E-state index in [2.05, 4.69) is 29.7 Å². The first kappa shape index (κ1) is 14.8. The van der Waals surface area contributed by atoms with Crippen LogP contribution < -0.4 is 0 Å². The molecule has 0 bridgehead atoms. The average molecular weight is 271 g/mol. The number of hydrogen-bond acceptors (Lipinski definition) is 1. The van der Waals surface area contributed by atoms with E-state index in [4.69, 9.17) is 0 Å². The molecule has 0 saturated carbocycles. The zero-order chi connectivity index (χ0) is 14.2. The third-order valence-electron chi connectivity index (χ3n) is 4.00. The van der Waals surface area contributed by atoms with Crippen molar-refractivity contribution in [3.05, 3.63) is 36.5 Å². The van der Waals surface area contributed by atoms with Crippen molar-refractivity contribution < 1.29 is 4.79 Å². The molecule has 0 spiro atoms. The number of hydrogen-bond donors (Lipinski definition) is 0. The van der Waals surface area contributed by atoms with Gasteiger partial charge >= 0.3 is 0 Å². The summed E-state index contributed by atoms with van der Waals surface area (Å²) in [7, 11) is 0. The zero-order valence-corrected chi connectivity index (χ0v) is 12.4. The highest BCUT2D eigenvalue weighted by molar-refractivity contribution is 5.81. The number of rotatable bonds is 9. The molecule has 1 aromatic heterocycles. The van der Waals surface area contributed by atoms with Gasteiger partial charge in [-0.25, -0.2) is 0 Å². The third-order valence-corrected chi connectivity index (χ3v) is 4.00. The maximum atomic E-state index is 11.4. The van der Waals surface area contributed by atoms with E-state index in [0.29, 0.717) is 0 Å². The van der Waals surface area contributed by atoms with Gasteiger partial charge in [-0.3, -0.25) is 0 Å². The van der Waals surface area contributed by atoms with Crippen LogP contribution in [0.5, 0.6) is 0 Å². The van der Waals surface area contributed by atoms with Gasteiger partial charge in [-0.1, -0.05) is 63.6 Å². The van der Waals surface area contributed by atoms with E-state index >= 15 is 0 Å². The first-order valence-corrected chi connectivity index (χ1v) is 7.87. The standard InChI is InChI=1S/C18H25NO/c1-2-3-4-5-6-7-11-17(15-20)19-14-13-16-10-8-9-12-18(16)19/h8-10,12-15,17H,2-7,11H2,1H3. The van der Waals surface area contributed by atoms with Crippen molar-refractivity contribution in [1.29, 1.82) is 0 Å². The molecule has 0 aliphatic rings. The molecule has 1 atom stereocenters. The van der Waals surface area contributed by atoms with Crippen LogP contribution in [0.15, 0.2) is 36.5 Å². The van der Waals surface area contributed by atoms with Gasteiger partial charge in [-0.15, -0.1) is 0 Å². The van der Waals surface area contributed by atoms with Gasteiger partial charge in [0, 0.05) is 11.7 Å². The number of benzene rings is 1. The molecule has 2 nitrogen and oxygen atoms in total. The van der Waals surface area contributed by atoms with Gasteiger partial charge in [-0.2, -0.15) is 0 Å². The van der Waals surface area contributed by atoms with E-state index in [1.165, 1.54) is 37.5 Å². The molecule has 2 rings (SSSR count). The maximum absolute atomic E-state index is 11.4. The molecule has 0 N–H and O–H groups in total. The molecule has 0 amide bonds. The van der Waals surface area contributed by atoms with E-state index in [1.54, 1.807) is 0 Å². The van der Waals surface area contributed by atoms with E-state index in [0.717, 1.165) is 24.6 Å². The van der Waals surface area contributed by atoms with Gasteiger partial charge in [0.2, 0.25) is 0 Å². The van der Waals surface area contributed by atoms with Gasteiger partial charge in [0.1, 0.15) is 6.29 Å². The Morgan fingerprint density at radius 2 is 1.80 bits per heavy atom. The highest BCUT2D eigenvalue weighted by Crippen LogP contribution is 2.22. The summed E-state index contributed by atoms with van der Waals surface area (Å²) in [5, 5.41) is 1.21. The lowest BCUT2D eigenvalue weighted by Crippen LogP contribution is -2.09. The van der Waals surface area contributed by atoms with Crippen molar-refractivity contribution in [3.8, 4) is 0 Å². The number of unbranched alkanes of at least 4 members (excludes halogenated alkanes) is 5. The number of carbonyl (C=O) groups excluding carboxylic acids is 1. The Morgan fingerprint density at radius 3 is 2.60 bits per heavy atom. The molecule has 2 heteroatoms. The number of nitrogens with zero attached hydrogens (tertiary/aromatic N) is 1. The lowest BCUT2D eigenvalue weighted by molar-refractivity contribution is -0.110. The molecule has 0 aliphatic heterocycles. The number of aromatic nitrogens is 1. The molecule has 1 unspecified atom stereocenters. The van der Waals surface area contributed by atoms with E-state index in [9.17, 15) is 4.79 Å². The van der Waals surface area contributed by atoms with Crippen LogP contribution in [0.4, 0.5) is 0 Å². The van der Waals surface area contributed by atoms with Crippen molar-refractivity contribution in [2.75, 3.05) is 0 Å². The largest absolute Gasteiger partial charge is 0.337 e. The number of aldehydes is 1. The fraction of sp³-hybridized carbons (Fsp3) is 0.500. The molecule has 1 aromatic carbocycles. The molecule has 20 heavy (non-hydrogen) atoms. The highest BCUT2D eigenvalue weighted by Gasteiger charge is 2.11. The van der Waals surface area contributed by atoms with Gasteiger partial charge in [0.05, 0.1) is 6.04 Å². The van der Waals surface area contributed by atoms with Crippen LogP contribution in [0.2, 0.25) is 0 Å². The normalized spacial score (nSPS) is 12.7. The smallest absolute Gasteiger partial charge is 0.142 e. The Bertz CT molecular complexity index is 529. The predicted octanol–water partition coefficient (Wildman–Crippen LogP) is 5.13. The Morgan fingerprint density at radius 1 is 1.05 bits per heavy atom. The summed E-state index contributed by atoms with van der Waals surface area (Å²) < 4.78 is 2.12. The van der Waals surface area contributed by atoms with Gasteiger partial charge in [0.15, 0.2) is 0 Å². The van der Waals surface area contributed by atoms with Gasteiger partial charge in [-0.05, 0) is 23.9 Å². The van der Waals surface area contributed by atoms with Crippen LogP contribution in [-0.4, -0.2) is 10.9 Å². The molecule has 0 radical (unpaired) electrons. The minimum atomic E-state index is -0.0129. The van der Waals surface area contributed by atoms with E-state index in [1.807, 2.05) is 18.3 Å². The predicted molar refractivity (Wildman–Crippen MR) is 85.0 cm³/mol. The molecule has 0 aliphatic carbocycles. The molecule has 0 fully saturated rings. The summed E-state index contributed by atoms with van der Waals surface area (Å²) in [5.41, 5.74) is 1.16. The highest BCUT2D eigenvalue weighted by atomic mass is 16.1. The van der Waals surface area contributed by atoms with Crippen molar-refractivity contribution in [1.82, 2.24) is 4.57 Å². The average Bonchev–Trinajstić information content (AvgIpc) is 2.91. The first-order valence-electron chi connectivity index (χ1n) is 7.87. The zero-order valence-electron chi connectivity index (χ0n) is 12.4. The third kappa shape index (κ3) is 3.72. The SMILES string of the molecule is CCCCCCCCC(C=O)n1ccc2ccccc21. The van der Waals surface area contributed by atoms with Crippen LogP contribution in [0, 0.1) is 0 Å². The fourth-order valence-corrected chi connectivity index (χ4v) is 2.80. The molecule has 108 valence electrons. The number of para-hydroxylation sites is 1. The summed E-state index contributed by atoms with van der Waals surface area (Å²) in [6, 6.07) is 10.3. The summed E-state index contributed by atoms with van der Waals surface area (Å²) >= 11 is 0. The van der Waals surface area contributed by atoms with Crippen LogP contribution in [0.1, 0.15) is 57.9 Å². The second kappa shape index (κ2) is 7.88. The lowest BCUT2D eigenvalue weighted by atomic mass is 10.1. The van der Waals surface area contributed by atoms with Gasteiger partial charge in [0.25, 0.3) is 0 Å². The second-order valence-corrected chi connectivity index (χ2v) is 5.54. The monoisotopic (exact) mass is 271 g/mol. The van der Waals surface area contributed by atoms with Crippen LogP contribution in [0.25, 0.3) is 10.9 Å². The van der Waals surface area contributed by atoms with Gasteiger partial charge < -0.3 is 9.36 Å². The topological polar surface area (TPSA) is 22.0 Å². The molecule has 2 aromatic rings. The second-order valence-electron chi connectivity index (χ2n) is 5.54. The van der Waals surface area contributed by atoms with Crippen molar-refractivity contribution in [3.63, 3.8) is 0 Å². The Balaban J connectivity index is 1.90. The van der Waals surface area contributed by atoms with Crippen LogP contribution in [-0.2, 0) is 4.79 Å². The number of fused-ring (bicyclic) bond motifs is 1. The van der Waals surface area contributed by atoms with Crippen molar-refractivity contribution >= 4 is 17.2 Å².